The van der Waals surface area contributed by atoms with Crippen molar-refractivity contribution >= 4 is 34.7 Å². The summed E-state index contributed by atoms with van der Waals surface area (Å²) in [5, 5.41) is 8.12. The summed E-state index contributed by atoms with van der Waals surface area (Å²) in [5.74, 6) is 1.68. The van der Waals surface area contributed by atoms with E-state index in [1.54, 1.807) is 23.1 Å². The predicted molar refractivity (Wildman–Crippen MR) is 89.3 cm³/mol. The zero-order valence-corrected chi connectivity index (χ0v) is 13.9. The minimum absolute atomic E-state index is 0.754. The lowest BCUT2D eigenvalue weighted by Gasteiger charge is -1.98. The van der Waals surface area contributed by atoms with Crippen molar-refractivity contribution < 1.29 is 0 Å². The maximum Gasteiger partial charge on any atom is 0.184 e. The van der Waals surface area contributed by atoms with Gasteiger partial charge in [0.05, 0.1) is 4.34 Å². The number of H-pyrrole nitrogens is 1. The normalized spacial score (nSPS) is 11.0. The van der Waals surface area contributed by atoms with Gasteiger partial charge in [0.15, 0.2) is 11.0 Å². The van der Waals surface area contributed by atoms with Crippen molar-refractivity contribution in [2.75, 3.05) is 0 Å². The van der Waals surface area contributed by atoms with Crippen LogP contribution in [-0.4, -0.2) is 15.2 Å². The smallest absolute Gasteiger partial charge is 0.184 e. The lowest BCUT2D eigenvalue weighted by Crippen LogP contribution is -1.91. The van der Waals surface area contributed by atoms with E-state index in [1.807, 2.05) is 12.1 Å². The number of hydrogen-bond donors (Lipinski definition) is 1. The summed E-state index contributed by atoms with van der Waals surface area (Å²) in [5.41, 5.74) is 2.49. The van der Waals surface area contributed by atoms with E-state index in [4.69, 9.17) is 11.6 Å². The highest BCUT2D eigenvalue weighted by Crippen LogP contribution is 2.27. The molecular formula is C15H14ClN3S2. The maximum absolute atomic E-state index is 5.92. The molecule has 0 saturated heterocycles. The van der Waals surface area contributed by atoms with Crippen molar-refractivity contribution in [1.29, 1.82) is 0 Å². The molecule has 0 saturated carbocycles. The molecule has 0 atom stereocenters. The van der Waals surface area contributed by atoms with Crippen LogP contribution >= 0.6 is 34.7 Å². The van der Waals surface area contributed by atoms with E-state index in [9.17, 15) is 0 Å². The summed E-state index contributed by atoms with van der Waals surface area (Å²) in [7, 11) is 0. The molecule has 1 N–H and O–H groups in total. The number of thiophene rings is 1. The number of aromatic nitrogens is 3. The molecule has 3 rings (SSSR count). The molecule has 0 amide bonds. The van der Waals surface area contributed by atoms with Gasteiger partial charge < -0.3 is 0 Å². The number of rotatable bonds is 5. The molecule has 3 nitrogen and oxygen atoms in total. The summed E-state index contributed by atoms with van der Waals surface area (Å²) in [6.07, 6.45) is 0.754. The summed E-state index contributed by atoms with van der Waals surface area (Å²) in [6.45, 7) is 2.09. The third-order valence-electron chi connectivity index (χ3n) is 2.94. The lowest BCUT2D eigenvalue weighted by atomic mass is 10.1. The Bertz CT molecular complexity index is 736. The van der Waals surface area contributed by atoms with Crippen LogP contribution in [0.25, 0.3) is 0 Å². The number of thioether (sulfide) groups is 1. The van der Waals surface area contributed by atoms with E-state index in [0.717, 1.165) is 27.5 Å². The number of nitrogens with zero attached hydrogens (tertiary/aromatic N) is 2. The average molecular weight is 336 g/mol. The Hall–Kier alpha value is -1.30. The van der Waals surface area contributed by atoms with Gasteiger partial charge in [-0.05, 0) is 24.6 Å². The summed E-state index contributed by atoms with van der Waals surface area (Å²) in [6, 6.07) is 12.4. The third kappa shape index (κ3) is 4.09. The first-order chi connectivity index (χ1) is 10.2. The summed E-state index contributed by atoms with van der Waals surface area (Å²) in [4.78, 5) is 5.76. The van der Waals surface area contributed by atoms with Gasteiger partial charge in [-0.25, -0.2) is 4.98 Å². The molecule has 6 heteroatoms. The van der Waals surface area contributed by atoms with Gasteiger partial charge >= 0.3 is 0 Å². The molecule has 0 spiro atoms. The van der Waals surface area contributed by atoms with Crippen LogP contribution in [0.2, 0.25) is 4.34 Å². The van der Waals surface area contributed by atoms with E-state index in [1.165, 1.54) is 16.0 Å². The van der Waals surface area contributed by atoms with Crippen LogP contribution in [0.15, 0.2) is 41.6 Å². The SMILES string of the molecule is Cc1cccc(Cc2n[nH]c(SCc3ccc(Cl)s3)n2)c1. The molecule has 0 aliphatic carbocycles. The molecule has 0 radical (unpaired) electrons. The molecule has 0 unspecified atom stereocenters. The molecule has 1 aromatic carbocycles. The second-order valence-electron chi connectivity index (χ2n) is 4.72. The lowest BCUT2D eigenvalue weighted by molar-refractivity contribution is 0.956. The van der Waals surface area contributed by atoms with Crippen LogP contribution in [-0.2, 0) is 12.2 Å². The fourth-order valence-electron chi connectivity index (χ4n) is 2.00. The maximum atomic E-state index is 5.92. The predicted octanol–water partition coefficient (Wildman–Crippen LogP) is 4.71. The van der Waals surface area contributed by atoms with E-state index >= 15 is 0 Å². The fraction of sp³-hybridized carbons (Fsp3) is 0.200. The molecule has 0 aliphatic rings. The van der Waals surface area contributed by atoms with Crippen molar-refractivity contribution in [2.45, 2.75) is 24.3 Å². The van der Waals surface area contributed by atoms with Crippen LogP contribution < -0.4 is 0 Å². The molecular weight excluding hydrogens is 322 g/mol. The van der Waals surface area contributed by atoms with Gasteiger partial charge in [-0.3, -0.25) is 5.10 Å². The van der Waals surface area contributed by atoms with Crippen LogP contribution in [0.5, 0.6) is 0 Å². The Labute approximate surface area is 136 Å². The Balaban J connectivity index is 1.61. The van der Waals surface area contributed by atoms with Crippen molar-refractivity contribution in [2.24, 2.45) is 0 Å². The van der Waals surface area contributed by atoms with Gasteiger partial charge in [0.25, 0.3) is 0 Å². The molecule has 2 heterocycles. The molecule has 0 aliphatic heterocycles. The number of benzene rings is 1. The highest BCUT2D eigenvalue weighted by Gasteiger charge is 2.06. The minimum atomic E-state index is 0.754. The first-order valence-corrected chi connectivity index (χ1v) is 8.71. The van der Waals surface area contributed by atoms with Gasteiger partial charge in [-0.2, -0.15) is 5.10 Å². The standard InChI is InChI=1S/C15H14ClN3S2/c1-10-3-2-4-11(7-10)8-14-17-15(19-18-14)20-9-12-5-6-13(16)21-12/h2-7H,8-9H2,1H3,(H,17,18,19). The zero-order chi connectivity index (χ0) is 14.7. The van der Waals surface area contributed by atoms with Crippen molar-refractivity contribution in [3.8, 4) is 0 Å². The highest BCUT2D eigenvalue weighted by atomic mass is 35.5. The molecule has 0 bridgehead atoms. The second kappa shape index (κ2) is 6.64. The van der Waals surface area contributed by atoms with E-state index in [2.05, 4.69) is 46.4 Å². The van der Waals surface area contributed by atoms with Gasteiger partial charge in [-0.1, -0.05) is 53.2 Å². The van der Waals surface area contributed by atoms with E-state index in [-0.39, 0.29) is 0 Å². The highest BCUT2D eigenvalue weighted by molar-refractivity contribution is 7.98. The Morgan fingerprint density at radius 2 is 2.19 bits per heavy atom. The quantitative estimate of drug-likeness (QED) is 0.686. The van der Waals surface area contributed by atoms with Crippen molar-refractivity contribution in [3.05, 3.63) is 62.6 Å². The zero-order valence-electron chi connectivity index (χ0n) is 11.5. The molecule has 3 aromatic rings. The number of halogens is 1. The first kappa shape index (κ1) is 14.6. The van der Waals surface area contributed by atoms with Crippen molar-refractivity contribution in [1.82, 2.24) is 15.2 Å². The van der Waals surface area contributed by atoms with Crippen LogP contribution in [0.1, 0.15) is 21.8 Å². The number of aryl methyl sites for hydroxylation is 1. The Kier molecular flexibility index (Phi) is 4.63. The van der Waals surface area contributed by atoms with Crippen LogP contribution in [0, 0.1) is 6.92 Å². The molecule has 2 aromatic heterocycles. The number of nitrogens with one attached hydrogen (secondary N) is 1. The minimum Gasteiger partial charge on any atom is -0.254 e. The van der Waals surface area contributed by atoms with Crippen molar-refractivity contribution in [3.63, 3.8) is 0 Å². The topological polar surface area (TPSA) is 41.6 Å². The van der Waals surface area contributed by atoms with E-state index in [0.29, 0.717) is 0 Å². The third-order valence-corrected chi connectivity index (χ3v) is 5.26. The van der Waals surface area contributed by atoms with Crippen LogP contribution in [0.4, 0.5) is 0 Å². The Morgan fingerprint density at radius 3 is 2.95 bits per heavy atom. The molecule has 21 heavy (non-hydrogen) atoms. The van der Waals surface area contributed by atoms with E-state index < -0.39 is 0 Å². The number of hydrogen-bond acceptors (Lipinski definition) is 4. The van der Waals surface area contributed by atoms with Crippen LogP contribution in [0.3, 0.4) is 0 Å². The number of aromatic amines is 1. The van der Waals surface area contributed by atoms with Gasteiger partial charge in [0.2, 0.25) is 0 Å². The summed E-state index contributed by atoms with van der Waals surface area (Å²) >= 11 is 9.17. The average Bonchev–Trinajstić information content (AvgIpc) is 3.06. The van der Waals surface area contributed by atoms with Gasteiger partial charge in [0.1, 0.15) is 0 Å². The largest absolute Gasteiger partial charge is 0.254 e. The van der Waals surface area contributed by atoms with Gasteiger partial charge in [-0.15, -0.1) is 11.3 Å². The fourth-order valence-corrected chi connectivity index (χ4v) is 3.95. The Morgan fingerprint density at radius 1 is 1.29 bits per heavy atom. The van der Waals surface area contributed by atoms with Gasteiger partial charge in [0, 0.05) is 17.1 Å². The molecule has 0 fully saturated rings. The first-order valence-electron chi connectivity index (χ1n) is 6.53. The monoisotopic (exact) mass is 335 g/mol. The second-order valence-corrected chi connectivity index (χ2v) is 7.48. The summed E-state index contributed by atoms with van der Waals surface area (Å²) < 4.78 is 0.823. The molecule has 108 valence electrons.